The average molecular weight is 481 g/mol. The summed E-state index contributed by atoms with van der Waals surface area (Å²) in [6.07, 6.45) is 0.0280. The fourth-order valence-corrected chi connectivity index (χ4v) is 4.28. The zero-order valence-corrected chi connectivity index (χ0v) is 21.3. The maximum atomic E-state index is 13.2. The molecule has 7 heteroatoms. The lowest BCUT2D eigenvalue weighted by Gasteiger charge is -2.28. The number of carbonyl (C=O) groups excluding carboxylic acids is 2. The Morgan fingerprint density at radius 3 is 2.11 bits per heavy atom. The van der Waals surface area contributed by atoms with Gasteiger partial charge in [0.1, 0.15) is 17.3 Å². The van der Waals surface area contributed by atoms with Crippen molar-refractivity contribution in [3.63, 3.8) is 0 Å². The molecule has 0 radical (unpaired) electrons. The summed E-state index contributed by atoms with van der Waals surface area (Å²) < 4.78 is 11.2. The summed E-state index contributed by atoms with van der Waals surface area (Å²) in [6.45, 7) is 13.2. The van der Waals surface area contributed by atoms with E-state index < -0.39 is 17.7 Å². The molecule has 0 bridgehead atoms. The quantitative estimate of drug-likeness (QED) is 0.287. The van der Waals surface area contributed by atoms with Gasteiger partial charge in [-0.05, 0) is 75.8 Å². The molecule has 0 saturated carbocycles. The van der Waals surface area contributed by atoms with Gasteiger partial charge in [-0.25, -0.2) is 0 Å². The van der Waals surface area contributed by atoms with Crippen molar-refractivity contribution < 1.29 is 24.2 Å². The van der Waals surface area contributed by atoms with Gasteiger partial charge in [0.25, 0.3) is 11.7 Å². The summed E-state index contributed by atoms with van der Waals surface area (Å²) in [5.41, 5.74) is 1.29. The van der Waals surface area contributed by atoms with Crippen LogP contribution in [-0.2, 0) is 9.59 Å². The Labute approximate surface area is 207 Å². The molecule has 188 valence electrons. The van der Waals surface area contributed by atoms with Crippen molar-refractivity contribution in [1.29, 1.82) is 0 Å². The zero-order chi connectivity index (χ0) is 25.5. The van der Waals surface area contributed by atoms with Gasteiger partial charge in [0.2, 0.25) is 0 Å². The van der Waals surface area contributed by atoms with Gasteiger partial charge in [0.05, 0.1) is 24.3 Å². The number of carbonyl (C=O) groups is 2. The Morgan fingerprint density at radius 2 is 1.57 bits per heavy atom. The maximum absolute atomic E-state index is 13.2. The normalized spacial score (nSPS) is 17.5. The van der Waals surface area contributed by atoms with E-state index in [9.17, 15) is 14.7 Å². The Kier molecular flexibility index (Phi) is 8.93. The minimum absolute atomic E-state index is 0.0280. The number of ketones is 1. The van der Waals surface area contributed by atoms with Gasteiger partial charge in [-0.15, -0.1) is 0 Å². The number of ether oxygens (including phenoxy) is 2. The Bertz CT molecular complexity index is 1040. The van der Waals surface area contributed by atoms with Crippen molar-refractivity contribution >= 4 is 17.4 Å². The molecule has 2 aromatic carbocycles. The molecule has 0 aliphatic carbocycles. The number of likely N-dealkylation sites (tertiary alicyclic amines) is 1. The van der Waals surface area contributed by atoms with Crippen LogP contribution in [0.5, 0.6) is 11.5 Å². The molecule has 1 saturated heterocycles. The highest BCUT2D eigenvalue weighted by atomic mass is 16.5. The summed E-state index contributed by atoms with van der Waals surface area (Å²) >= 11 is 0. The number of likely N-dealkylation sites (N-methyl/N-ethyl adjacent to an activating group) is 1. The fraction of sp³-hybridized carbons (Fsp3) is 0.429. The molecular formula is C28H36N2O5. The third-order valence-electron chi connectivity index (χ3n) is 6.10. The van der Waals surface area contributed by atoms with Crippen LogP contribution in [0.1, 0.15) is 51.8 Å². The van der Waals surface area contributed by atoms with Gasteiger partial charge in [-0.2, -0.15) is 0 Å². The molecular weight excluding hydrogens is 444 g/mol. The second kappa shape index (κ2) is 11.9. The molecule has 2 aromatic rings. The van der Waals surface area contributed by atoms with Crippen LogP contribution in [0.25, 0.3) is 5.76 Å². The molecule has 1 atom stereocenters. The van der Waals surface area contributed by atoms with Crippen molar-refractivity contribution in [3.05, 3.63) is 65.2 Å². The zero-order valence-electron chi connectivity index (χ0n) is 21.3. The number of Topliss-reactive ketones (excluding diaryl/α,β-unsaturated/α-hetero) is 1. The predicted molar refractivity (Wildman–Crippen MR) is 137 cm³/mol. The number of hydrogen-bond acceptors (Lipinski definition) is 6. The Morgan fingerprint density at radius 1 is 0.971 bits per heavy atom. The lowest BCUT2D eigenvalue weighted by Crippen LogP contribution is -2.38. The number of aliphatic hydroxyl groups excluding tert-OH is 1. The highest BCUT2D eigenvalue weighted by Crippen LogP contribution is 2.40. The van der Waals surface area contributed by atoms with Crippen molar-refractivity contribution in [2.45, 2.75) is 46.8 Å². The lowest BCUT2D eigenvalue weighted by atomic mass is 9.95. The average Bonchev–Trinajstić information content (AvgIpc) is 3.10. The van der Waals surface area contributed by atoms with Crippen LogP contribution in [-0.4, -0.2) is 65.5 Å². The molecule has 1 N–H and O–H groups in total. The van der Waals surface area contributed by atoms with Crippen LogP contribution in [0.4, 0.5) is 0 Å². The largest absolute Gasteiger partial charge is 0.507 e. The number of amides is 1. The van der Waals surface area contributed by atoms with Crippen molar-refractivity contribution in [2.24, 2.45) is 0 Å². The molecule has 7 nitrogen and oxygen atoms in total. The van der Waals surface area contributed by atoms with Crippen LogP contribution in [0.2, 0.25) is 0 Å². The second-order valence-corrected chi connectivity index (χ2v) is 8.71. The van der Waals surface area contributed by atoms with Crippen molar-refractivity contribution in [3.8, 4) is 11.5 Å². The number of nitrogens with zero attached hydrogens (tertiary/aromatic N) is 2. The molecule has 0 unspecified atom stereocenters. The van der Waals surface area contributed by atoms with Crippen LogP contribution < -0.4 is 9.47 Å². The van der Waals surface area contributed by atoms with Gasteiger partial charge >= 0.3 is 0 Å². The van der Waals surface area contributed by atoms with Gasteiger partial charge in [-0.3, -0.25) is 9.59 Å². The van der Waals surface area contributed by atoms with Gasteiger partial charge in [-0.1, -0.05) is 26.0 Å². The van der Waals surface area contributed by atoms with E-state index in [1.807, 2.05) is 45.0 Å². The van der Waals surface area contributed by atoms with Crippen LogP contribution in [0.15, 0.2) is 54.1 Å². The first-order valence-corrected chi connectivity index (χ1v) is 12.3. The molecule has 1 amide bonds. The monoisotopic (exact) mass is 480 g/mol. The first-order chi connectivity index (χ1) is 16.8. The lowest BCUT2D eigenvalue weighted by molar-refractivity contribution is -0.140. The van der Waals surface area contributed by atoms with Gasteiger partial charge in [0, 0.05) is 18.7 Å². The molecule has 1 aliphatic rings. The second-order valence-electron chi connectivity index (χ2n) is 8.71. The van der Waals surface area contributed by atoms with E-state index in [-0.39, 0.29) is 17.4 Å². The van der Waals surface area contributed by atoms with Crippen LogP contribution in [0, 0.1) is 0 Å². The molecule has 0 aromatic heterocycles. The SMILES string of the molecule is CCOc1ccc(C(O)=C2C(=O)C(=O)N(CCN(CC)CC)[C@H]2c2ccc(OC(C)C)cc2)cc1. The first kappa shape index (κ1) is 26.3. The molecule has 3 rings (SSSR count). The highest BCUT2D eigenvalue weighted by molar-refractivity contribution is 6.46. The highest BCUT2D eigenvalue weighted by Gasteiger charge is 2.46. The Hall–Kier alpha value is -3.32. The number of benzene rings is 2. The molecule has 1 heterocycles. The smallest absolute Gasteiger partial charge is 0.295 e. The summed E-state index contributed by atoms with van der Waals surface area (Å²) in [5.74, 6) is -0.0961. The number of hydrogen-bond donors (Lipinski definition) is 1. The molecule has 35 heavy (non-hydrogen) atoms. The molecule has 1 aliphatic heterocycles. The van der Waals surface area contributed by atoms with Gasteiger partial charge < -0.3 is 24.4 Å². The van der Waals surface area contributed by atoms with Crippen LogP contribution in [0.3, 0.4) is 0 Å². The van der Waals surface area contributed by atoms with E-state index in [4.69, 9.17) is 9.47 Å². The number of rotatable bonds is 11. The third-order valence-corrected chi connectivity index (χ3v) is 6.10. The minimum atomic E-state index is -0.690. The fourth-order valence-electron chi connectivity index (χ4n) is 4.28. The number of aliphatic hydroxyl groups is 1. The summed E-state index contributed by atoms with van der Waals surface area (Å²) in [4.78, 5) is 30.1. The third kappa shape index (κ3) is 6.03. The van der Waals surface area contributed by atoms with Gasteiger partial charge in [0.15, 0.2) is 0 Å². The summed E-state index contributed by atoms with van der Waals surface area (Å²) in [5, 5.41) is 11.2. The minimum Gasteiger partial charge on any atom is -0.507 e. The van der Waals surface area contributed by atoms with Crippen molar-refractivity contribution in [2.75, 3.05) is 32.8 Å². The first-order valence-electron chi connectivity index (χ1n) is 12.3. The molecule has 0 spiro atoms. The van der Waals surface area contributed by atoms with E-state index >= 15 is 0 Å². The van der Waals surface area contributed by atoms with E-state index in [0.29, 0.717) is 36.8 Å². The van der Waals surface area contributed by atoms with E-state index in [0.717, 1.165) is 18.7 Å². The van der Waals surface area contributed by atoms with E-state index in [1.54, 1.807) is 29.2 Å². The molecule has 1 fully saturated rings. The maximum Gasteiger partial charge on any atom is 0.295 e. The Balaban J connectivity index is 2.04. The van der Waals surface area contributed by atoms with E-state index in [1.165, 1.54) is 0 Å². The summed E-state index contributed by atoms with van der Waals surface area (Å²) in [7, 11) is 0. The predicted octanol–water partition coefficient (Wildman–Crippen LogP) is 4.64. The topological polar surface area (TPSA) is 79.3 Å². The standard InChI is InChI=1S/C28H36N2O5/c1-6-29(7-2)17-18-30-25(20-9-15-23(16-10-20)35-19(4)5)24(27(32)28(30)33)26(31)21-11-13-22(14-12-21)34-8-3/h9-16,19,25,31H,6-8,17-18H2,1-5H3/t25-/m0/s1. The van der Waals surface area contributed by atoms with Crippen molar-refractivity contribution in [1.82, 2.24) is 9.80 Å². The van der Waals surface area contributed by atoms with E-state index in [2.05, 4.69) is 18.7 Å². The van der Waals surface area contributed by atoms with Crippen LogP contribution >= 0.6 is 0 Å². The summed E-state index contributed by atoms with van der Waals surface area (Å²) in [6, 6.07) is 13.5.